The standard InChI is InChI=1S/C20H16ClN3O4S/c1-13-15(6-4-8-22-13)12-27-20-17(10-16(21)11-23-20)24-29(25,26)19-9-14-5-2-3-7-18(14)28-19/h2-11,24H,12H2,1H3. The van der Waals surface area contributed by atoms with Crippen LogP contribution < -0.4 is 9.46 Å². The van der Waals surface area contributed by atoms with Crippen molar-refractivity contribution < 1.29 is 17.6 Å². The summed E-state index contributed by atoms with van der Waals surface area (Å²) >= 11 is 6.01. The molecule has 3 aromatic heterocycles. The van der Waals surface area contributed by atoms with Gasteiger partial charge in [0.1, 0.15) is 17.9 Å². The number of sulfonamides is 1. The fourth-order valence-electron chi connectivity index (χ4n) is 2.72. The Morgan fingerprint density at radius 2 is 1.97 bits per heavy atom. The van der Waals surface area contributed by atoms with Gasteiger partial charge < -0.3 is 9.15 Å². The monoisotopic (exact) mass is 429 g/mol. The summed E-state index contributed by atoms with van der Waals surface area (Å²) in [5, 5.41) is 0.727. The third kappa shape index (κ3) is 4.18. The molecule has 0 amide bonds. The van der Waals surface area contributed by atoms with Crippen molar-refractivity contribution in [2.75, 3.05) is 4.72 Å². The molecule has 0 saturated heterocycles. The molecule has 0 fully saturated rings. The summed E-state index contributed by atoms with van der Waals surface area (Å²) in [7, 11) is -4.01. The van der Waals surface area contributed by atoms with Crippen LogP contribution in [0, 0.1) is 6.92 Å². The average molecular weight is 430 g/mol. The lowest BCUT2D eigenvalue weighted by molar-refractivity contribution is 0.294. The van der Waals surface area contributed by atoms with Crippen LogP contribution >= 0.6 is 11.6 Å². The Morgan fingerprint density at radius 1 is 1.14 bits per heavy atom. The van der Waals surface area contributed by atoms with E-state index in [0.717, 1.165) is 11.3 Å². The fraction of sp³-hybridized carbons (Fsp3) is 0.100. The number of furan rings is 1. The number of aromatic nitrogens is 2. The highest BCUT2D eigenvalue weighted by molar-refractivity contribution is 7.92. The van der Waals surface area contributed by atoms with E-state index < -0.39 is 10.0 Å². The van der Waals surface area contributed by atoms with E-state index >= 15 is 0 Å². The quantitative estimate of drug-likeness (QED) is 0.482. The molecule has 0 aliphatic carbocycles. The van der Waals surface area contributed by atoms with E-state index in [4.69, 9.17) is 20.8 Å². The molecule has 4 rings (SSSR count). The van der Waals surface area contributed by atoms with E-state index in [-0.39, 0.29) is 28.3 Å². The van der Waals surface area contributed by atoms with E-state index in [0.29, 0.717) is 11.0 Å². The number of nitrogens with zero attached hydrogens (tertiary/aromatic N) is 2. The smallest absolute Gasteiger partial charge is 0.295 e. The minimum absolute atomic E-state index is 0.0948. The van der Waals surface area contributed by atoms with E-state index in [2.05, 4.69) is 14.7 Å². The molecule has 0 aliphatic heterocycles. The zero-order chi connectivity index (χ0) is 20.4. The predicted molar refractivity (Wildman–Crippen MR) is 110 cm³/mol. The first-order valence-corrected chi connectivity index (χ1v) is 10.5. The molecule has 0 radical (unpaired) electrons. The van der Waals surface area contributed by atoms with Crippen molar-refractivity contribution in [2.24, 2.45) is 0 Å². The van der Waals surface area contributed by atoms with Gasteiger partial charge in [-0.3, -0.25) is 9.71 Å². The molecule has 9 heteroatoms. The van der Waals surface area contributed by atoms with Crippen LogP contribution in [0.15, 0.2) is 70.4 Å². The maximum atomic E-state index is 12.8. The highest BCUT2D eigenvalue weighted by atomic mass is 35.5. The Balaban J connectivity index is 1.62. The molecular weight excluding hydrogens is 414 g/mol. The molecule has 1 aromatic carbocycles. The summed E-state index contributed by atoms with van der Waals surface area (Å²) in [5.41, 5.74) is 2.25. The maximum Gasteiger partial charge on any atom is 0.295 e. The van der Waals surface area contributed by atoms with Gasteiger partial charge in [0.15, 0.2) is 0 Å². The van der Waals surface area contributed by atoms with Gasteiger partial charge in [0.25, 0.3) is 10.0 Å². The number of nitrogens with one attached hydrogen (secondary N) is 1. The van der Waals surface area contributed by atoms with Crippen molar-refractivity contribution in [3.05, 3.63) is 77.2 Å². The average Bonchev–Trinajstić information content (AvgIpc) is 3.14. The van der Waals surface area contributed by atoms with Crippen molar-refractivity contribution in [3.63, 3.8) is 0 Å². The van der Waals surface area contributed by atoms with Crippen LogP contribution in [0.5, 0.6) is 5.88 Å². The van der Waals surface area contributed by atoms with Crippen LogP contribution in [0.2, 0.25) is 5.02 Å². The lowest BCUT2D eigenvalue weighted by atomic mass is 10.2. The number of pyridine rings is 2. The Morgan fingerprint density at radius 3 is 2.76 bits per heavy atom. The van der Waals surface area contributed by atoms with Gasteiger partial charge in [0, 0.05) is 35.1 Å². The normalized spacial score (nSPS) is 11.5. The number of para-hydroxylation sites is 1. The van der Waals surface area contributed by atoms with Crippen LogP contribution in [-0.4, -0.2) is 18.4 Å². The van der Waals surface area contributed by atoms with Gasteiger partial charge >= 0.3 is 0 Å². The SMILES string of the molecule is Cc1ncccc1COc1ncc(Cl)cc1NS(=O)(=O)c1cc2ccccc2o1. The second-order valence-corrected chi connectivity index (χ2v) is 8.30. The molecule has 4 aromatic rings. The minimum atomic E-state index is -4.01. The van der Waals surface area contributed by atoms with Gasteiger partial charge in [-0.05, 0) is 25.1 Å². The van der Waals surface area contributed by atoms with Crippen molar-refractivity contribution >= 4 is 38.3 Å². The molecular formula is C20H16ClN3O4S. The molecule has 0 aliphatic rings. The number of aryl methyl sites for hydroxylation is 1. The number of hydrogen-bond donors (Lipinski definition) is 1. The third-order valence-electron chi connectivity index (χ3n) is 4.21. The molecule has 0 spiro atoms. The van der Waals surface area contributed by atoms with Gasteiger partial charge in [-0.2, -0.15) is 8.42 Å². The van der Waals surface area contributed by atoms with E-state index in [1.807, 2.05) is 13.0 Å². The van der Waals surface area contributed by atoms with Crippen LogP contribution in [0.3, 0.4) is 0 Å². The summed E-state index contributed by atoms with van der Waals surface area (Å²) in [5.74, 6) is 0.0948. The number of halogens is 1. The number of rotatable bonds is 6. The largest absolute Gasteiger partial charge is 0.471 e. The molecule has 148 valence electrons. The molecule has 3 heterocycles. The van der Waals surface area contributed by atoms with Crippen LogP contribution in [0.1, 0.15) is 11.3 Å². The Kier molecular flexibility index (Phi) is 5.12. The number of anilines is 1. The van der Waals surface area contributed by atoms with Crippen LogP contribution in [0.25, 0.3) is 11.0 Å². The molecule has 0 atom stereocenters. The summed E-state index contributed by atoms with van der Waals surface area (Å²) in [6.45, 7) is 2.03. The fourth-order valence-corrected chi connectivity index (χ4v) is 3.89. The molecule has 7 nitrogen and oxygen atoms in total. The number of ether oxygens (including phenoxy) is 1. The molecule has 29 heavy (non-hydrogen) atoms. The molecule has 0 bridgehead atoms. The first-order valence-electron chi connectivity index (χ1n) is 8.62. The van der Waals surface area contributed by atoms with Crippen molar-refractivity contribution in [1.29, 1.82) is 0 Å². The molecule has 0 saturated carbocycles. The minimum Gasteiger partial charge on any atom is -0.471 e. The lowest BCUT2D eigenvalue weighted by Gasteiger charge is -2.13. The topological polar surface area (TPSA) is 94.3 Å². The van der Waals surface area contributed by atoms with E-state index in [1.54, 1.807) is 36.5 Å². The van der Waals surface area contributed by atoms with Crippen molar-refractivity contribution in [2.45, 2.75) is 18.6 Å². The van der Waals surface area contributed by atoms with E-state index in [1.165, 1.54) is 18.3 Å². The van der Waals surface area contributed by atoms with E-state index in [9.17, 15) is 8.42 Å². The first-order chi connectivity index (χ1) is 13.9. The van der Waals surface area contributed by atoms with Crippen LogP contribution in [-0.2, 0) is 16.6 Å². The highest BCUT2D eigenvalue weighted by Gasteiger charge is 2.22. The van der Waals surface area contributed by atoms with Gasteiger partial charge in [0.05, 0.1) is 5.02 Å². The van der Waals surface area contributed by atoms with Gasteiger partial charge in [-0.15, -0.1) is 0 Å². The predicted octanol–water partition coefficient (Wildman–Crippen LogP) is 4.56. The highest BCUT2D eigenvalue weighted by Crippen LogP contribution is 2.30. The first kappa shape index (κ1) is 19.2. The summed E-state index contributed by atoms with van der Waals surface area (Å²) in [4.78, 5) is 8.31. The van der Waals surface area contributed by atoms with Crippen LogP contribution in [0.4, 0.5) is 5.69 Å². The Labute approximate surface area is 172 Å². The third-order valence-corrected chi connectivity index (χ3v) is 5.64. The maximum absolute atomic E-state index is 12.8. The summed E-state index contributed by atoms with van der Waals surface area (Å²) < 4.78 is 39.3. The summed E-state index contributed by atoms with van der Waals surface area (Å²) in [6, 6.07) is 13.6. The summed E-state index contributed by atoms with van der Waals surface area (Å²) in [6.07, 6.45) is 3.07. The van der Waals surface area contributed by atoms with Gasteiger partial charge in [-0.25, -0.2) is 4.98 Å². The number of benzene rings is 1. The lowest BCUT2D eigenvalue weighted by Crippen LogP contribution is -2.14. The number of fused-ring (bicyclic) bond motifs is 1. The van der Waals surface area contributed by atoms with Gasteiger partial charge in [0.2, 0.25) is 11.0 Å². The Hall–Kier alpha value is -3.10. The molecule has 1 N–H and O–H groups in total. The number of hydrogen-bond acceptors (Lipinski definition) is 6. The van der Waals surface area contributed by atoms with Gasteiger partial charge in [-0.1, -0.05) is 35.9 Å². The zero-order valence-corrected chi connectivity index (χ0v) is 16.9. The second kappa shape index (κ2) is 7.73. The molecule has 0 unspecified atom stereocenters. The van der Waals surface area contributed by atoms with Crippen molar-refractivity contribution in [3.8, 4) is 5.88 Å². The second-order valence-electron chi connectivity index (χ2n) is 6.25. The Bertz CT molecular complexity index is 1250. The van der Waals surface area contributed by atoms with Crippen molar-refractivity contribution in [1.82, 2.24) is 9.97 Å². The zero-order valence-electron chi connectivity index (χ0n) is 15.3.